The minimum absolute atomic E-state index is 0.247. The molecule has 112 valence electrons. The van der Waals surface area contributed by atoms with Crippen molar-refractivity contribution in [1.82, 2.24) is 4.98 Å². The Morgan fingerprint density at radius 3 is 2.59 bits per heavy atom. The van der Waals surface area contributed by atoms with Crippen LogP contribution in [-0.4, -0.2) is 11.2 Å². The Balaban J connectivity index is 2.43. The SMILES string of the molecule is N#Cc1cc(C=Nc2ccc(=O)[nH]c2C(F)(F)F)ccc1F. The van der Waals surface area contributed by atoms with E-state index >= 15 is 0 Å². The van der Waals surface area contributed by atoms with Crippen LogP contribution in [0, 0.1) is 17.1 Å². The summed E-state index contributed by atoms with van der Waals surface area (Å²) in [6.07, 6.45) is -3.73. The van der Waals surface area contributed by atoms with Gasteiger partial charge in [0.2, 0.25) is 5.56 Å². The third-order valence-corrected chi connectivity index (χ3v) is 2.64. The molecule has 0 aliphatic carbocycles. The summed E-state index contributed by atoms with van der Waals surface area (Å²) in [5.74, 6) is -0.736. The first kappa shape index (κ1) is 15.4. The minimum Gasteiger partial charge on any atom is -0.317 e. The smallest absolute Gasteiger partial charge is 0.317 e. The Hall–Kier alpha value is -2.95. The molecule has 2 aromatic rings. The van der Waals surface area contributed by atoms with E-state index in [2.05, 4.69) is 4.99 Å². The average Bonchev–Trinajstić information content (AvgIpc) is 2.46. The fourth-order valence-electron chi connectivity index (χ4n) is 1.64. The summed E-state index contributed by atoms with van der Waals surface area (Å²) in [4.78, 5) is 16.3. The highest BCUT2D eigenvalue weighted by molar-refractivity contribution is 5.82. The van der Waals surface area contributed by atoms with Crippen molar-refractivity contribution in [3.8, 4) is 6.07 Å². The molecule has 0 aliphatic rings. The van der Waals surface area contributed by atoms with Gasteiger partial charge in [-0.3, -0.25) is 9.79 Å². The highest BCUT2D eigenvalue weighted by Gasteiger charge is 2.34. The Morgan fingerprint density at radius 2 is 1.95 bits per heavy atom. The molecule has 1 N–H and O–H groups in total. The van der Waals surface area contributed by atoms with Crippen LogP contribution in [0.3, 0.4) is 0 Å². The number of pyridine rings is 1. The molecule has 0 amide bonds. The number of nitrogens with one attached hydrogen (secondary N) is 1. The molecule has 1 heterocycles. The summed E-state index contributed by atoms with van der Waals surface area (Å²) in [5.41, 5.74) is -2.67. The van der Waals surface area contributed by atoms with Crippen molar-refractivity contribution in [3.63, 3.8) is 0 Å². The number of aromatic nitrogens is 1. The summed E-state index contributed by atoms with van der Waals surface area (Å²) in [6.45, 7) is 0. The largest absolute Gasteiger partial charge is 0.433 e. The zero-order valence-corrected chi connectivity index (χ0v) is 10.8. The average molecular weight is 309 g/mol. The Labute approximate surface area is 121 Å². The third-order valence-electron chi connectivity index (χ3n) is 2.64. The van der Waals surface area contributed by atoms with Gasteiger partial charge < -0.3 is 4.98 Å². The first-order valence-corrected chi connectivity index (χ1v) is 5.85. The van der Waals surface area contributed by atoms with Gasteiger partial charge in [0.05, 0.1) is 11.3 Å². The molecule has 0 saturated heterocycles. The zero-order chi connectivity index (χ0) is 16.3. The summed E-state index contributed by atoms with van der Waals surface area (Å²) < 4.78 is 51.5. The lowest BCUT2D eigenvalue weighted by atomic mass is 10.1. The van der Waals surface area contributed by atoms with Crippen LogP contribution in [0.25, 0.3) is 0 Å². The molecule has 0 saturated carbocycles. The fourth-order valence-corrected chi connectivity index (χ4v) is 1.64. The Bertz CT molecular complexity index is 831. The number of hydrogen-bond acceptors (Lipinski definition) is 3. The molecule has 0 radical (unpaired) electrons. The first-order valence-electron chi connectivity index (χ1n) is 5.85. The van der Waals surface area contributed by atoms with Crippen molar-refractivity contribution in [2.24, 2.45) is 4.99 Å². The number of nitrogens with zero attached hydrogens (tertiary/aromatic N) is 2. The number of halogens is 4. The molecule has 0 atom stereocenters. The van der Waals surface area contributed by atoms with Gasteiger partial charge in [-0.25, -0.2) is 4.39 Å². The topological polar surface area (TPSA) is 69.0 Å². The standard InChI is InChI=1S/C14H7F4N3O/c15-10-2-1-8(5-9(10)6-19)7-20-11-3-4-12(22)21-13(11)14(16,17)18/h1-5,7H,(H,21,22). The van der Waals surface area contributed by atoms with E-state index in [0.717, 1.165) is 30.5 Å². The maximum absolute atomic E-state index is 13.1. The molecule has 0 spiro atoms. The maximum atomic E-state index is 13.1. The summed E-state index contributed by atoms with van der Waals surface area (Å²) in [5, 5.41) is 8.69. The van der Waals surface area contributed by atoms with Gasteiger partial charge in [-0.05, 0) is 23.8 Å². The fraction of sp³-hybridized carbons (Fsp3) is 0.0714. The number of H-pyrrole nitrogens is 1. The second-order valence-corrected chi connectivity index (χ2v) is 4.19. The van der Waals surface area contributed by atoms with Crippen LogP contribution in [0.1, 0.15) is 16.8 Å². The van der Waals surface area contributed by atoms with Gasteiger partial charge in [-0.2, -0.15) is 18.4 Å². The van der Waals surface area contributed by atoms with E-state index in [1.807, 2.05) is 0 Å². The third kappa shape index (κ3) is 3.38. The van der Waals surface area contributed by atoms with Crippen LogP contribution in [0.5, 0.6) is 0 Å². The van der Waals surface area contributed by atoms with Crippen molar-refractivity contribution in [3.05, 3.63) is 63.3 Å². The molecule has 0 fully saturated rings. The molecule has 8 heteroatoms. The van der Waals surface area contributed by atoms with Gasteiger partial charge in [0.25, 0.3) is 0 Å². The second-order valence-electron chi connectivity index (χ2n) is 4.19. The molecule has 1 aromatic heterocycles. The van der Waals surface area contributed by atoms with Crippen molar-refractivity contribution in [2.75, 3.05) is 0 Å². The normalized spacial score (nSPS) is 11.6. The van der Waals surface area contributed by atoms with E-state index in [4.69, 9.17) is 5.26 Å². The molecule has 0 bridgehead atoms. The number of nitriles is 1. The van der Waals surface area contributed by atoms with E-state index in [9.17, 15) is 22.4 Å². The highest BCUT2D eigenvalue weighted by Crippen LogP contribution is 2.33. The number of hydrogen-bond donors (Lipinski definition) is 1. The van der Waals surface area contributed by atoms with Gasteiger partial charge >= 0.3 is 6.18 Å². The van der Waals surface area contributed by atoms with Crippen LogP contribution >= 0.6 is 0 Å². The monoisotopic (exact) mass is 309 g/mol. The molecular weight excluding hydrogens is 302 g/mol. The molecule has 0 aliphatic heterocycles. The van der Waals surface area contributed by atoms with Gasteiger partial charge in [0.1, 0.15) is 17.6 Å². The predicted octanol–water partition coefficient (Wildman–Crippen LogP) is 3.16. The molecular formula is C14H7F4N3O. The number of aliphatic imine (C=N–C) groups is 1. The Kier molecular flexibility index (Phi) is 4.08. The summed E-state index contributed by atoms with van der Waals surface area (Å²) >= 11 is 0. The maximum Gasteiger partial charge on any atom is 0.433 e. The van der Waals surface area contributed by atoms with Crippen molar-refractivity contribution in [1.29, 1.82) is 5.26 Å². The van der Waals surface area contributed by atoms with E-state index < -0.39 is 28.9 Å². The van der Waals surface area contributed by atoms with Gasteiger partial charge in [0, 0.05) is 12.3 Å². The van der Waals surface area contributed by atoms with Crippen molar-refractivity contribution in [2.45, 2.75) is 6.18 Å². The second kappa shape index (κ2) is 5.81. The molecule has 2 rings (SSSR count). The lowest BCUT2D eigenvalue weighted by Gasteiger charge is -2.08. The molecule has 0 unspecified atom stereocenters. The summed E-state index contributed by atoms with van der Waals surface area (Å²) in [6, 6.07) is 6.87. The molecule has 22 heavy (non-hydrogen) atoms. The quantitative estimate of drug-likeness (QED) is 0.684. The van der Waals surface area contributed by atoms with Crippen LogP contribution in [0.4, 0.5) is 23.2 Å². The minimum atomic E-state index is -4.77. The van der Waals surface area contributed by atoms with E-state index in [0.29, 0.717) is 0 Å². The van der Waals surface area contributed by atoms with Crippen molar-refractivity contribution < 1.29 is 17.6 Å². The van der Waals surface area contributed by atoms with Crippen LogP contribution in [-0.2, 0) is 6.18 Å². The van der Waals surface area contributed by atoms with Gasteiger partial charge in [0.15, 0.2) is 0 Å². The van der Waals surface area contributed by atoms with E-state index in [1.165, 1.54) is 6.07 Å². The van der Waals surface area contributed by atoms with Crippen molar-refractivity contribution >= 4 is 11.9 Å². The highest BCUT2D eigenvalue weighted by atomic mass is 19.4. The Morgan fingerprint density at radius 1 is 1.23 bits per heavy atom. The zero-order valence-electron chi connectivity index (χ0n) is 10.8. The number of aromatic amines is 1. The number of rotatable bonds is 2. The van der Waals surface area contributed by atoms with E-state index in [-0.39, 0.29) is 11.1 Å². The molecule has 1 aromatic carbocycles. The first-order chi connectivity index (χ1) is 10.3. The lowest BCUT2D eigenvalue weighted by molar-refractivity contribution is -0.140. The van der Waals surface area contributed by atoms with Gasteiger partial charge in [-0.1, -0.05) is 6.07 Å². The number of alkyl halides is 3. The van der Waals surface area contributed by atoms with Crippen LogP contribution in [0.15, 0.2) is 40.1 Å². The molecule has 4 nitrogen and oxygen atoms in total. The van der Waals surface area contributed by atoms with E-state index in [1.54, 1.807) is 11.1 Å². The number of benzene rings is 1. The van der Waals surface area contributed by atoms with Gasteiger partial charge in [-0.15, -0.1) is 0 Å². The predicted molar refractivity (Wildman–Crippen MR) is 70.4 cm³/mol. The lowest BCUT2D eigenvalue weighted by Crippen LogP contribution is -2.15. The van der Waals surface area contributed by atoms with Crippen LogP contribution in [0.2, 0.25) is 0 Å². The van der Waals surface area contributed by atoms with Crippen LogP contribution < -0.4 is 5.56 Å². The summed E-state index contributed by atoms with van der Waals surface area (Å²) in [7, 11) is 0.